The van der Waals surface area contributed by atoms with Gasteiger partial charge in [-0.05, 0) is 38.5 Å². The molecule has 1 atom stereocenters. The zero-order chi connectivity index (χ0) is 10.8. The van der Waals surface area contributed by atoms with Crippen LogP contribution in [0.3, 0.4) is 0 Å². The van der Waals surface area contributed by atoms with Crippen molar-refractivity contribution in [1.29, 1.82) is 0 Å². The van der Waals surface area contributed by atoms with Crippen molar-refractivity contribution in [2.45, 2.75) is 46.5 Å². The molecule has 0 aromatic rings. The maximum Gasteiger partial charge on any atom is 0.0491 e. The molecule has 0 aliphatic rings. The molecule has 0 bridgehead atoms. The van der Waals surface area contributed by atoms with Crippen molar-refractivity contribution < 1.29 is 5.11 Å². The van der Waals surface area contributed by atoms with E-state index in [1.54, 1.807) is 0 Å². The molecular formula is C13H24O. The molecule has 1 heteroatoms. The highest BCUT2D eigenvalue weighted by molar-refractivity contribution is 4.96. The van der Waals surface area contributed by atoms with E-state index < -0.39 is 0 Å². The van der Waals surface area contributed by atoms with Crippen LogP contribution in [0.5, 0.6) is 0 Å². The van der Waals surface area contributed by atoms with Crippen LogP contribution in [0.2, 0.25) is 0 Å². The van der Waals surface area contributed by atoms with Gasteiger partial charge in [0.15, 0.2) is 0 Å². The predicted molar refractivity (Wildman–Crippen MR) is 63.3 cm³/mol. The largest absolute Gasteiger partial charge is 0.396 e. The van der Waals surface area contributed by atoms with Gasteiger partial charge in [-0.3, -0.25) is 0 Å². The van der Waals surface area contributed by atoms with Crippen molar-refractivity contribution >= 4 is 0 Å². The van der Waals surface area contributed by atoms with Gasteiger partial charge in [0.05, 0.1) is 0 Å². The second-order valence-corrected chi connectivity index (χ2v) is 3.92. The van der Waals surface area contributed by atoms with Crippen LogP contribution in [0.25, 0.3) is 0 Å². The van der Waals surface area contributed by atoms with Gasteiger partial charge in [-0.2, -0.15) is 0 Å². The van der Waals surface area contributed by atoms with E-state index in [1.165, 1.54) is 18.4 Å². The Bertz CT molecular complexity index is 180. The molecule has 14 heavy (non-hydrogen) atoms. The van der Waals surface area contributed by atoms with Gasteiger partial charge in [0.1, 0.15) is 0 Å². The first kappa shape index (κ1) is 13.4. The van der Waals surface area contributed by atoms with Crippen molar-refractivity contribution in [3.05, 3.63) is 23.8 Å². The summed E-state index contributed by atoms with van der Waals surface area (Å²) in [6, 6.07) is 0. The Kier molecular flexibility index (Phi) is 8.65. The Morgan fingerprint density at radius 2 is 2.07 bits per heavy atom. The average molecular weight is 196 g/mol. The lowest BCUT2D eigenvalue weighted by Gasteiger charge is -1.98. The van der Waals surface area contributed by atoms with Crippen molar-refractivity contribution in [2.24, 2.45) is 5.92 Å². The van der Waals surface area contributed by atoms with Gasteiger partial charge in [-0.1, -0.05) is 37.6 Å². The average Bonchev–Trinajstić information content (AvgIpc) is 2.22. The van der Waals surface area contributed by atoms with Gasteiger partial charge in [-0.15, -0.1) is 0 Å². The van der Waals surface area contributed by atoms with Crippen LogP contribution in [0.15, 0.2) is 23.8 Å². The molecule has 0 heterocycles. The van der Waals surface area contributed by atoms with Gasteiger partial charge in [0.25, 0.3) is 0 Å². The van der Waals surface area contributed by atoms with Crippen LogP contribution in [0.1, 0.15) is 46.5 Å². The number of allylic oxidation sites excluding steroid dienone is 3. The van der Waals surface area contributed by atoms with Crippen molar-refractivity contribution in [2.75, 3.05) is 6.61 Å². The number of rotatable bonds is 7. The minimum atomic E-state index is 0.255. The van der Waals surface area contributed by atoms with E-state index in [2.05, 4.69) is 32.1 Å². The van der Waals surface area contributed by atoms with Gasteiger partial charge in [0, 0.05) is 6.61 Å². The zero-order valence-electron chi connectivity index (χ0n) is 9.79. The van der Waals surface area contributed by atoms with Crippen LogP contribution < -0.4 is 0 Å². The first-order chi connectivity index (χ1) is 6.70. The Morgan fingerprint density at radius 3 is 2.64 bits per heavy atom. The normalized spacial score (nSPS) is 15.0. The number of hydrogen-bond acceptors (Lipinski definition) is 1. The van der Waals surface area contributed by atoms with E-state index in [0.717, 1.165) is 12.8 Å². The summed E-state index contributed by atoms with van der Waals surface area (Å²) in [4.78, 5) is 0. The molecule has 0 aliphatic heterocycles. The van der Waals surface area contributed by atoms with Gasteiger partial charge in [0.2, 0.25) is 0 Å². The summed E-state index contributed by atoms with van der Waals surface area (Å²) in [6.45, 7) is 6.65. The van der Waals surface area contributed by atoms with Crippen molar-refractivity contribution in [1.82, 2.24) is 0 Å². The Morgan fingerprint density at radius 1 is 1.36 bits per heavy atom. The molecule has 1 N–H and O–H groups in total. The monoisotopic (exact) mass is 196 g/mol. The van der Waals surface area contributed by atoms with E-state index >= 15 is 0 Å². The second kappa shape index (κ2) is 9.01. The molecule has 0 aromatic carbocycles. The van der Waals surface area contributed by atoms with E-state index in [1.807, 2.05) is 6.92 Å². The Hall–Kier alpha value is -0.560. The number of unbranched alkanes of at least 4 members (excludes halogenated alkanes) is 2. The van der Waals surface area contributed by atoms with Crippen molar-refractivity contribution in [3.63, 3.8) is 0 Å². The molecule has 0 amide bonds. The summed E-state index contributed by atoms with van der Waals surface area (Å²) >= 11 is 0. The molecule has 0 rings (SSSR count). The third-order valence-corrected chi connectivity index (χ3v) is 2.38. The number of hydrogen-bond donors (Lipinski definition) is 1. The fourth-order valence-corrected chi connectivity index (χ4v) is 1.12. The van der Waals surface area contributed by atoms with Crippen LogP contribution >= 0.6 is 0 Å². The minimum Gasteiger partial charge on any atom is -0.396 e. The molecule has 82 valence electrons. The topological polar surface area (TPSA) is 20.2 Å². The molecule has 0 saturated carbocycles. The summed E-state index contributed by atoms with van der Waals surface area (Å²) in [6.07, 6.45) is 11.3. The van der Waals surface area contributed by atoms with E-state index in [4.69, 9.17) is 5.11 Å². The molecule has 0 saturated heterocycles. The maximum atomic E-state index is 8.78. The van der Waals surface area contributed by atoms with Crippen LogP contribution in [0, 0.1) is 5.92 Å². The van der Waals surface area contributed by atoms with Gasteiger partial charge in [-0.25, -0.2) is 0 Å². The zero-order valence-corrected chi connectivity index (χ0v) is 9.79. The van der Waals surface area contributed by atoms with E-state index in [0.29, 0.717) is 5.92 Å². The first-order valence-corrected chi connectivity index (χ1v) is 5.63. The first-order valence-electron chi connectivity index (χ1n) is 5.63. The molecule has 0 fully saturated rings. The third-order valence-electron chi connectivity index (χ3n) is 2.38. The molecular weight excluding hydrogens is 172 g/mol. The highest BCUT2D eigenvalue weighted by Gasteiger charge is 1.90. The minimum absolute atomic E-state index is 0.255. The standard InChI is InChI=1S/C13H24O/c1-4-12(2)9-7-5-6-8-10-13(3)11-14/h8-10,13-14H,4-7,11H2,1-3H3. The molecule has 1 unspecified atom stereocenters. The number of aliphatic hydroxyl groups is 1. The lowest BCUT2D eigenvalue weighted by Crippen LogP contribution is -1.94. The van der Waals surface area contributed by atoms with Crippen molar-refractivity contribution in [3.8, 4) is 0 Å². The predicted octanol–water partition coefficient (Wildman–Crippen LogP) is 3.70. The van der Waals surface area contributed by atoms with Crippen LogP contribution in [-0.4, -0.2) is 11.7 Å². The van der Waals surface area contributed by atoms with Crippen LogP contribution in [-0.2, 0) is 0 Å². The van der Waals surface area contributed by atoms with E-state index in [9.17, 15) is 0 Å². The highest BCUT2D eigenvalue weighted by atomic mass is 16.3. The fourth-order valence-electron chi connectivity index (χ4n) is 1.12. The van der Waals surface area contributed by atoms with Gasteiger partial charge >= 0.3 is 0 Å². The summed E-state index contributed by atoms with van der Waals surface area (Å²) in [5.74, 6) is 0.308. The lowest BCUT2D eigenvalue weighted by atomic mass is 10.1. The fraction of sp³-hybridized carbons (Fsp3) is 0.692. The maximum absolute atomic E-state index is 8.78. The SMILES string of the molecule is CCC(C)=CCCCC=CC(C)CO. The quantitative estimate of drug-likeness (QED) is 0.486. The van der Waals surface area contributed by atoms with Crippen LogP contribution in [0.4, 0.5) is 0 Å². The molecule has 0 spiro atoms. The summed E-state index contributed by atoms with van der Waals surface area (Å²) < 4.78 is 0. The highest BCUT2D eigenvalue weighted by Crippen LogP contribution is 2.05. The molecule has 0 aliphatic carbocycles. The van der Waals surface area contributed by atoms with E-state index in [-0.39, 0.29) is 6.61 Å². The van der Waals surface area contributed by atoms with Gasteiger partial charge < -0.3 is 5.11 Å². The molecule has 0 radical (unpaired) electrons. The third kappa shape index (κ3) is 8.06. The summed E-state index contributed by atoms with van der Waals surface area (Å²) in [5.41, 5.74) is 1.48. The summed E-state index contributed by atoms with van der Waals surface area (Å²) in [5, 5.41) is 8.78. The summed E-state index contributed by atoms with van der Waals surface area (Å²) in [7, 11) is 0. The molecule has 0 aromatic heterocycles. The smallest absolute Gasteiger partial charge is 0.0491 e. The molecule has 1 nitrogen and oxygen atoms in total. The lowest BCUT2D eigenvalue weighted by molar-refractivity contribution is 0.262. The Labute approximate surface area is 88.5 Å². The number of aliphatic hydroxyl groups excluding tert-OH is 1. The second-order valence-electron chi connectivity index (χ2n) is 3.92. The Balaban J connectivity index is 3.42.